The van der Waals surface area contributed by atoms with Gasteiger partial charge in [0.05, 0.1) is 0 Å². The molecule has 0 aliphatic carbocycles. The Morgan fingerprint density at radius 1 is 1.64 bits per heavy atom. The number of rotatable bonds is 4. The van der Waals surface area contributed by atoms with Crippen LogP contribution in [0.2, 0.25) is 0 Å². The maximum atomic E-state index is 11.4. The average Bonchev–Trinajstić information content (AvgIpc) is 2.62. The molecule has 4 heteroatoms. The molecule has 1 rings (SSSR count). The number of hydrogen-bond donors (Lipinski definition) is 1. The van der Waals surface area contributed by atoms with Crippen molar-refractivity contribution >= 4 is 21.8 Å². The van der Waals surface area contributed by atoms with Crippen LogP contribution in [0, 0.1) is 0 Å². The topological polar surface area (TPSA) is 42.2 Å². The summed E-state index contributed by atoms with van der Waals surface area (Å²) in [6.07, 6.45) is 0.790. The minimum absolute atomic E-state index is 0.217. The van der Waals surface area contributed by atoms with Crippen LogP contribution in [-0.4, -0.2) is 12.5 Å². The standard InChI is InChI=1S/C10H12BrNO2/c1-3-8-4-5-9(14-8)10(13)12-6-7(2)11/h4-5H,2-3,6H2,1H3,(H,12,13). The largest absolute Gasteiger partial charge is 0.456 e. The molecule has 0 atom stereocenters. The zero-order chi connectivity index (χ0) is 10.6. The monoisotopic (exact) mass is 257 g/mol. The van der Waals surface area contributed by atoms with Crippen molar-refractivity contribution in [2.24, 2.45) is 0 Å². The molecule has 0 aromatic carbocycles. The Hall–Kier alpha value is -1.03. The van der Waals surface area contributed by atoms with Gasteiger partial charge < -0.3 is 9.73 Å². The van der Waals surface area contributed by atoms with Gasteiger partial charge in [0.15, 0.2) is 5.76 Å². The smallest absolute Gasteiger partial charge is 0.287 e. The molecule has 0 bridgehead atoms. The summed E-state index contributed by atoms with van der Waals surface area (Å²) in [6.45, 7) is 5.99. The third-order valence-electron chi connectivity index (χ3n) is 1.67. The highest BCUT2D eigenvalue weighted by Crippen LogP contribution is 2.08. The van der Waals surface area contributed by atoms with E-state index in [0.717, 1.165) is 16.7 Å². The van der Waals surface area contributed by atoms with Crippen molar-refractivity contribution < 1.29 is 9.21 Å². The number of nitrogens with one attached hydrogen (secondary N) is 1. The highest BCUT2D eigenvalue weighted by molar-refractivity contribution is 9.11. The second-order valence-electron chi connectivity index (χ2n) is 2.82. The van der Waals surface area contributed by atoms with E-state index < -0.39 is 0 Å². The van der Waals surface area contributed by atoms with Gasteiger partial charge in [-0.05, 0) is 12.1 Å². The third-order valence-corrected chi connectivity index (χ3v) is 1.96. The lowest BCUT2D eigenvalue weighted by Gasteiger charge is -2.00. The van der Waals surface area contributed by atoms with Crippen LogP contribution in [0.5, 0.6) is 0 Å². The minimum atomic E-state index is -0.217. The van der Waals surface area contributed by atoms with Gasteiger partial charge >= 0.3 is 0 Å². The first-order chi connectivity index (χ1) is 6.63. The predicted molar refractivity (Wildman–Crippen MR) is 58.5 cm³/mol. The number of aryl methyl sites for hydroxylation is 1. The van der Waals surface area contributed by atoms with E-state index in [2.05, 4.69) is 27.8 Å². The molecular formula is C10H12BrNO2. The van der Waals surface area contributed by atoms with E-state index in [9.17, 15) is 4.79 Å². The highest BCUT2D eigenvalue weighted by atomic mass is 79.9. The molecule has 76 valence electrons. The maximum absolute atomic E-state index is 11.4. The zero-order valence-electron chi connectivity index (χ0n) is 7.97. The first-order valence-electron chi connectivity index (χ1n) is 4.33. The molecule has 0 aliphatic heterocycles. The van der Waals surface area contributed by atoms with Crippen molar-refractivity contribution in [2.45, 2.75) is 13.3 Å². The fourth-order valence-electron chi connectivity index (χ4n) is 0.953. The fourth-order valence-corrected chi connectivity index (χ4v) is 1.09. The summed E-state index contributed by atoms with van der Waals surface area (Å²) < 4.78 is 6.00. The van der Waals surface area contributed by atoms with Gasteiger partial charge in [-0.2, -0.15) is 0 Å². The first kappa shape index (κ1) is 11.0. The van der Waals surface area contributed by atoms with Gasteiger partial charge in [0.2, 0.25) is 0 Å². The summed E-state index contributed by atoms with van der Waals surface area (Å²) in [5, 5.41) is 2.66. The molecule has 0 fully saturated rings. The number of carbonyl (C=O) groups excluding carboxylic acids is 1. The normalized spacial score (nSPS) is 9.86. The molecule has 1 aromatic rings. The summed E-state index contributed by atoms with van der Waals surface area (Å²) in [4.78, 5) is 11.4. The van der Waals surface area contributed by atoms with E-state index in [0.29, 0.717) is 12.3 Å². The fraction of sp³-hybridized carbons (Fsp3) is 0.300. The Bertz CT molecular complexity index is 344. The van der Waals surface area contributed by atoms with Gasteiger partial charge in [0, 0.05) is 17.4 Å². The van der Waals surface area contributed by atoms with Crippen molar-refractivity contribution in [3.05, 3.63) is 34.7 Å². The summed E-state index contributed by atoms with van der Waals surface area (Å²) in [6, 6.07) is 3.48. The molecule has 0 radical (unpaired) electrons. The van der Waals surface area contributed by atoms with Crippen LogP contribution >= 0.6 is 15.9 Å². The second kappa shape index (κ2) is 5.00. The Morgan fingerprint density at radius 3 is 2.86 bits per heavy atom. The Labute approximate surface area is 91.3 Å². The minimum Gasteiger partial charge on any atom is -0.456 e. The van der Waals surface area contributed by atoms with Crippen LogP contribution in [0.1, 0.15) is 23.2 Å². The maximum Gasteiger partial charge on any atom is 0.287 e. The SMILES string of the molecule is C=C(Br)CNC(=O)c1ccc(CC)o1. The molecule has 0 saturated carbocycles. The van der Waals surface area contributed by atoms with Crippen LogP contribution < -0.4 is 5.32 Å². The molecular weight excluding hydrogens is 246 g/mol. The Morgan fingerprint density at radius 2 is 2.36 bits per heavy atom. The number of hydrogen-bond acceptors (Lipinski definition) is 2. The summed E-state index contributed by atoms with van der Waals surface area (Å²) >= 11 is 3.15. The van der Waals surface area contributed by atoms with Crippen LogP contribution in [0.15, 0.2) is 27.6 Å². The molecule has 1 heterocycles. The average molecular weight is 258 g/mol. The van der Waals surface area contributed by atoms with Crippen LogP contribution in [-0.2, 0) is 6.42 Å². The molecule has 0 saturated heterocycles. The quantitative estimate of drug-likeness (QED) is 0.901. The molecule has 1 aromatic heterocycles. The van der Waals surface area contributed by atoms with Gasteiger partial charge in [-0.15, -0.1) is 0 Å². The zero-order valence-corrected chi connectivity index (χ0v) is 9.56. The number of carbonyl (C=O) groups is 1. The summed E-state index contributed by atoms with van der Waals surface area (Å²) in [5.41, 5.74) is 0. The Kier molecular flexibility index (Phi) is 3.95. The molecule has 1 amide bonds. The molecule has 0 spiro atoms. The highest BCUT2D eigenvalue weighted by Gasteiger charge is 2.09. The van der Waals surface area contributed by atoms with Crippen molar-refractivity contribution in [3.8, 4) is 0 Å². The summed E-state index contributed by atoms with van der Waals surface area (Å²) in [5.74, 6) is 0.939. The van der Waals surface area contributed by atoms with Gasteiger partial charge in [0.25, 0.3) is 5.91 Å². The van der Waals surface area contributed by atoms with E-state index in [4.69, 9.17) is 4.42 Å². The molecule has 3 nitrogen and oxygen atoms in total. The molecule has 14 heavy (non-hydrogen) atoms. The van der Waals surface area contributed by atoms with E-state index in [1.807, 2.05) is 6.92 Å². The van der Waals surface area contributed by atoms with Gasteiger partial charge in [-0.3, -0.25) is 4.79 Å². The Balaban J connectivity index is 2.56. The number of amides is 1. The van der Waals surface area contributed by atoms with Crippen LogP contribution in [0.4, 0.5) is 0 Å². The molecule has 0 aliphatic rings. The van der Waals surface area contributed by atoms with E-state index in [-0.39, 0.29) is 5.91 Å². The number of furan rings is 1. The van der Waals surface area contributed by atoms with E-state index >= 15 is 0 Å². The van der Waals surface area contributed by atoms with Crippen molar-refractivity contribution in [2.75, 3.05) is 6.54 Å². The third kappa shape index (κ3) is 3.03. The number of halogens is 1. The van der Waals surface area contributed by atoms with E-state index in [1.54, 1.807) is 12.1 Å². The second-order valence-corrected chi connectivity index (χ2v) is 3.94. The molecule has 1 N–H and O–H groups in total. The van der Waals surface area contributed by atoms with Gasteiger partial charge in [-0.25, -0.2) is 0 Å². The van der Waals surface area contributed by atoms with E-state index in [1.165, 1.54) is 0 Å². The van der Waals surface area contributed by atoms with Crippen LogP contribution in [0.25, 0.3) is 0 Å². The molecule has 0 unspecified atom stereocenters. The lowest BCUT2D eigenvalue weighted by Crippen LogP contribution is -2.23. The predicted octanol–water partition coefficient (Wildman–Crippen LogP) is 2.48. The van der Waals surface area contributed by atoms with Gasteiger partial charge in [0.1, 0.15) is 5.76 Å². The van der Waals surface area contributed by atoms with Crippen LogP contribution in [0.3, 0.4) is 0 Å². The van der Waals surface area contributed by atoms with Crippen molar-refractivity contribution in [1.29, 1.82) is 0 Å². The van der Waals surface area contributed by atoms with Crippen molar-refractivity contribution in [1.82, 2.24) is 5.32 Å². The summed E-state index contributed by atoms with van der Waals surface area (Å²) in [7, 11) is 0. The lowest BCUT2D eigenvalue weighted by atomic mass is 10.3. The van der Waals surface area contributed by atoms with Gasteiger partial charge in [-0.1, -0.05) is 29.4 Å². The first-order valence-corrected chi connectivity index (χ1v) is 5.13. The lowest BCUT2D eigenvalue weighted by molar-refractivity contribution is 0.0928. The van der Waals surface area contributed by atoms with Crippen molar-refractivity contribution in [3.63, 3.8) is 0 Å².